The van der Waals surface area contributed by atoms with E-state index in [1.54, 1.807) is 19.6 Å². The molecule has 1 heterocycles. The van der Waals surface area contributed by atoms with Crippen LogP contribution >= 0.6 is 11.8 Å². The first-order chi connectivity index (χ1) is 18.0. The summed E-state index contributed by atoms with van der Waals surface area (Å²) in [5.74, 6) is -4.41. The van der Waals surface area contributed by atoms with Gasteiger partial charge in [0.1, 0.15) is 5.40 Å². The first kappa shape index (κ1) is 31.0. The molecule has 0 amide bonds. The summed E-state index contributed by atoms with van der Waals surface area (Å²) >= 11 is 0.844. The van der Waals surface area contributed by atoms with E-state index in [-0.39, 0.29) is 65.3 Å². The van der Waals surface area contributed by atoms with Crippen LogP contribution in [0.4, 0.5) is 0 Å². The minimum Gasteiger partial charge on any atom is -0.480 e. The zero-order valence-corrected chi connectivity index (χ0v) is 21.8. The van der Waals surface area contributed by atoms with E-state index < -0.39 is 41.8 Å². The summed E-state index contributed by atoms with van der Waals surface area (Å²) in [6, 6.07) is 9.11. The smallest absolute Gasteiger partial charge is 0.317 e. The Kier molecular flexibility index (Phi) is 12.4. The van der Waals surface area contributed by atoms with Gasteiger partial charge < -0.3 is 20.4 Å². The molecule has 1 saturated heterocycles. The lowest BCUT2D eigenvalue weighted by molar-refractivity contribution is -0.142. The maximum atomic E-state index is 11.9. The number of aliphatic carboxylic acids is 4. The molecule has 0 saturated carbocycles. The van der Waals surface area contributed by atoms with Crippen molar-refractivity contribution in [1.82, 2.24) is 19.6 Å². The topological polar surface area (TPSA) is 186 Å². The van der Waals surface area contributed by atoms with Crippen LogP contribution in [0.25, 0.3) is 0 Å². The molecule has 13 nitrogen and oxygen atoms in total. The zero-order valence-electron chi connectivity index (χ0n) is 20.9. The number of thioether (sulfide) groups is 1. The third-order valence-corrected chi connectivity index (χ3v) is 7.16. The van der Waals surface area contributed by atoms with Crippen molar-refractivity contribution in [3.05, 3.63) is 35.9 Å². The Bertz CT molecular complexity index is 1010. The van der Waals surface area contributed by atoms with Gasteiger partial charge >= 0.3 is 23.9 Å². The van der Waals surface area contributed by atoms with E-state index in [2.05, 4.69) is 5.40 Å². The van der Waals surface area contributed by atoms with Crippen molar-refractivity contribution in [3.8, 4) is 5.40 Å². The molecule has 0 radical (unpaired) electrons. The summed E-state index contributed by atoms with van der Waals surface area (Å²) in [6.07, 6.45) is 0.216. The number of hydrogen-bond acceptors (Lipinski definition) is 10. The number of benzene rings is 1. The van der Waals surface area contributed by atoms with Gasteiger partial charge in [0.2, 0.25) is 0 Å². The summed E-state index contributed by atoms with van der Waals surface area (Å²) in [5, 5.41) is 50.0. The van der Waals surface area contributed by atoms with Crippen molar-refractivity contribution in [3.63, 3.8) is 0 Å². The van der Waals surface area contributed by atoms with Gasteiger partial charge in [0.15, 0.2) is 0 Å². The molecule has 1 aliphatic heterocycles. The molecule has 0 aromatic heterocycles. The lowest BCUT2D eigenvalue weighted by atomic mass is 10.0. The van der Waals surface area contributed by atoms with Crippen molar-refractivity contribution in [2.45, 2.75) is 11.3 Å². The number of hydrogen-bond donors (Lipinski definition) is 4. The van der Waals surface area contributed by atoms with E-state index >= 15 is 0 Å². The lowest BCUT2D eigenvalue weighted by Gasteiger charge is -2.45. The minimum atomic E-state index is -1.20. The van der Waals surface area contributed by atoms with Crippen LogP contribution in [0.15, 0.2) is 30.3 Å². The maximum Gasteiger partial charge on any atom is 0.317 e. The second-order valence-corrected chi connectivity index (χ2v) is 10.2. The molecule has 0 aliphatic carbocycles. The van der Waals surface area contributed by atoms with E-state index in [9.17, 15) is 44.9 Å². The van der Waals surface area contributed by atoms with Crippen LogP contribution in [-0.4, -0.2) is 141 Å². The number of carboxylic acid groups (broad SMARTS) is 4. The third-order valence-electron chi connectivity index (χ3n) is 6.16. The average Bonchev–Trinajstić information content (AvgIpc) is 2.81. The van der Waals surface area contributed by atoms with Gasteiger partial charge in [0, 0.05) is 52.2 Å². The van der Waals surface area contributed by atoms with Crippen LogP contribution in [0.1, 0.15) is 5.56 Å². The summed E-state index contributed by atoms with van der Waals surface area (Å²) < 4.78 is 0. The molecular formula is C24H33N5O8S. The summed E-state index contributed by atoms with van der Waals surface area (Å²) in [7, 11) is 0. The molecule has 1 unspecified atom stereocenters. The number of nitriles is 1. The van der Waals surface area contributed by atoms with Gasteiger partial charge in [-0.05, 0) is 17.3 Å². The Morgan fingerprint density at radius 2 is 1.18 bits per heavy atom. The Morgan fingerprint density at radius 3 is 1.66 bits per heavy atom. The van der Waals surface area contributed by atoms with Crippen LogP contribution in [-0.2, 0) is 25.6 Å². The predicted molar refractivity (Wildman–Crippen MR) is 138 cm³/mol. The second-order valence-electron chi connectivity index (χ2n) is 9.06. The molecule has 2 rings (SSSR count). The Labute approximate surface area is 224 Å². The molecule has 1 aromatic rings. The third kappa shape index (κ3) is 10.6. The van der Waals surface area contributed by atoms with E-state index in [0.29, 0.717) is 0 Å². The normalized spacial score (nSPS) is 21.0. The minimum absolute atomic E-state index is 0.000453. The Balaban J connectivity index is 2.58. The lowest BCUT2D eigenvalue weighted by Crippen LogP contribution is -2.59. The molecule has 1 aromatic carbocycles. The van der Waals surface area contributed by atoms with Crippen LogP contribution in [0, 0.1) is 10.7 Å². The van der Waals surface area contributed by atoms with E-state index in [1.807, 2.05) is 30.3 Å². The monoisotopic (exact) mass is 551 g/mol. The van der Waals surface area contributed by atoms with Gasteiger partial charge in [-0.3, -0.25) is 38.8 Å². The average molecular weight is 552 g/mol. The van der Waals surface area contributed by atoms with Crippen molar-refractivity contribution < 1.29 is 39.6 Å². The van der Waals surface area contributed by atoms with Crippen LogP contribution < -0.4 is 0 Å². The maximum absolute atomic E-state index is 11.9. The van der Waals surface area contributed by atoms with Crippen molar-refractivity contribution in [1.29, 1.82) is 5.26 Å². The summed E-state index contributed by atoms with van der Waals surface area (Å²) in [5.41, 5.74) is 0.808. The fourth-order valence-corrected chi connectivity index (χ4v) is 5.44. The van der Waals surface area contributed by atoms with Crippen molar-refractivity contribution in [2.75, 3.05) is 72.0 Å². The van der Waals surface area contributed by atoms with E-state index in [0.717, 1.165) is 17.3 Å². The highest BCUT2D eigenvalue weighted by atomic mass is 32.2. The number of thiocyanates is 1. The number of carbonyl (C=O) groups is 4. The molecule has 208 valence electrons. The molecule has 14 heteroatoms. The second kappa shape index (κ2) is 15.3. The fraction of sp³-hybridized carbons (Fsp3) is 0.542. The first-order valence-corrected chi connectivity index (χ1v) is 12.7. The van der Waals surface area contributed by atoms with Gasteiger partial charge in [-0.2, -0.15) is 5.26 Å². The Hall–Kier alpha value is -3.22. The molecule has 38 heavy (non-hydrogen) atoms. The van der Waals surface area contributed by atoms with Crippen molar-refractivity contribution >= 4 is 35.6 Å². The highest BCUT2D eigenvalue weighted by molar-refractivity contribution is 8.05. The van der Waals surface area contributed by atoms with E-state index in [1.165, 1.54) is 0 Å². The van der Waals surface area contributed by atoms with Gasteiger partial charge in [-0.15, -0.1) is 0 Å². The van der Waals surface area contributed by atoms with Gasteiger partial charge in [-0.25, -0.2) is 0 Å². The highest BCUT2D eigenvalue weighted by Gasteiger charge is 2.41. The molecule has 1 fully saturated rings. The molecule has 0 bridgehead atoms. The number of rotatable bonds is 11. The molecule has 0 spiro atoms. The van der Waals surface area contributed by atoms with Gasteiger partial charge in [-0.1, -0.05) is 30.3 Å². The molecule has 4 N–H and O–H groups in total. The quantitative estimate of drug-likeness (QED) is 0.263. The summed E-state index contributed by atoms with van der Waals surface area (Å²) in [4.78, 5) is 51.8. The van der Waals surface area contributed by atoms with Crippen LogP contribution in [0.5, 0.6) is 0 Å². The van der Waals surface area contributed by atoms with E-state index in [4.69, 9.17) is 0 Å². The Morgan fingerprint density at radius 1 is 0.737 bits per heavy atom. The first-order valence-electron chi connectivity index (χ1n) is 11.9. The number of carboxylic acids is 4. The largest absolute Gasteiger partial charge is 0.480 e. The van der Waals surface area contributed by atoms with Gasteiger partial charge in [0.05, 0.1) is 31.0 Å². The van der Waals surface area contributed by atoms with Crippen LogP contribution in [0.2, 0.25) is 0 Å². The zero-order chi connectivity index (χ0) is 28.1. The molecular weight excluding hydrogens is 518 g/mol. The number of nitrogens with zero attached hydrogens (tertiary/aromatic N) is 5. The molecule has 1 atom stereocenters. The highest BCUT2D eigenvalue weighted by Crippen LogP contribution is 2.34. The van der Waals surface area contributed by atoms with Crippen molar-refractivity contribution in [2.24, 2.45) is 0 Å². The van der Waals surface area contributed by atoms with Gasteiger partial charge in [0.25, 0.3) is 0 Å². The SMILES string of the molecule is N#CSC1(Cc2ccccc2)CN(CC(=O)O)CCN(CC(=O)O)CCN(CC(=O)O)CCN1CC(=O)O. The fourth-order valence-electron chi connectivity index (χ4n) is 4.50. The standard InChI is InChI=1S/C24H33N5O8S/c25-18-38-24(12-19-4-2-1-3-5-19)17-28(15-22(34)35)9-8-26(13-20(30)31)6-7-27(14-21(32)33)10-11-29(24)16-23(36)37/h1-5H,6-17H2,(H,30,31)(H,32,33)(H,34,35)(H,36,37). The predicted octanol–water partition coefficient (Wildman–Crippen LogP) is -0.300. The molecule has 1 aliphatic rings. The van der Waals surface area contributed by atoms with Crippen LogP contribution in [0.3, 0.4) is 0 Å². The summed E-state index contributed by atoms with van der Waals surface area (Å²) in [6.45, 7) is -0.510.